The summed E-state index contributed by atoms with van der Waals surface area (Å²) in [6.07, 6.45) is 1.56. The molecule has 0 unspecified atom stereocenters. The Bertz CT molecular complexity index is 717. The van der Waals surface area contributed by atoms with Gasteiger partial charge in [0.1, 0.15) is 5.82 Å². The van der Waals surface area contributed by atoms with Crippen LogP contribution in [0.25, 0.3) is 0 Å². The third kappa shape index (κ3) is 5.52. The van der Waals surface area contributed by atoms with Crippen LogP contribution in [-0.2, 0) is 4.79 Å². The summed E-state index contributed by atoms with van der Waals surface area (Å²) in [5, 5.41) is 12.8. The minimum atomic E-state index is -0.823. The molecule has 6 nitrogen and oxygen atoms in total. The van der Waals surface area contributed by atoms with Gasteiger partial charge in [-0.1, -0.05) is 13.8 Å². The molecular formula is C21H32FN3O3. The number of halogens is 1. The van der Waals surface area contributed by atoms with Crippen molar-refractivity contribution < 1.29 is 19.1 Å². The number of hydrogen-bond donors (Lipinski definition) is 2. The average molecular weight is 394 g/mol. The fourth-order valence-electron chi connectivity index (χ4n) is 3.81. The van der Waals surface area contributed by atoms with Crippen molar-refractivity contribution in [2.24, 2.45) is 0 Å². The molecule has 0 aliphatic carbocycles. The molecule has 0 bridgehead atoms. The summed E-state index contributed by atoms with van der Waals surface area (Å²) < 4.78 is 14.4. The van der Waals surface area contributed by atoms with Crippen LogP contribution >= 0.6 is 0 Å². The maximum absolute atomic E-state index is 14.4. The predicted molar refractivity (Wildman–Crippen MR) is 108 cm³/mol. The fourth-order valence-corrected chi connectivity index (χ4v) is 3.81. The van der Waals surface area contributed by atoms with E-state index < -0.39 is 11.4 Å². The van der Waals surface area contributed by atoms with Gasteiger partial charge in [-0.3, -0.25) is 14.5 Å². The van der Waals surface area contributed by atoms with Crippen LogP contribution in [0.2, 0.25) is 0 Å². The molecule has 0 radical (unpaired) electrons. The molecule has 1 aromatic carbocycles. The Morgan fingerprint density at radius 1 is 1.21 bits per heavy atom. The first kappa shape index (κ1) is 22.3. The number of piperazine rings is 1. The molecule has 2 amide bonds. The zero-order valence-electron chi connectivity index (χ0n) is 17.5. The summed E-state index contributed by atoms with van der Waals surface area (Å²) in [6, 6.07) is 4.08. The highest BCUT2D eigenvalue weighted by Crippen LogP contribution is 2.25. The van der Waals surface area contributed by atoms with Crippen LogP contribution in [0.15, 0.2) is 18.2 Å². The van der Waals surface area contributed by atoms with Gasteiger partial charge >= 0.3 is 0 Å². The topological polar surface area (TPSA) is 72.9 Å². The number of aliphatic hydroxyl groups is 1. The molecule has 1 aliphatic heterocycles. The molecule has 1 heterocycles. The summed E-state index contributed by atoms with van der Waals surface area (Å²) in [5.74, 6) is -1.23. The number of amides is 2. The van der Waals surface area contributed by atoms with Gasteiger partial charge in [0.25, 0.3) is 5.91 Å². The van der Waals surface area contributed by atoms with Crippen molar-refractivity contribution in [2.75, 3.05) is 25.0 Å². The molecule has 2 rings (SSSR count). The Labute approximate surface area is 166 Å². The van der Waals surface area contributed by atoms with E-state index in [9.17, 15) is 19.1 Å². The molecule has 0 spiro atoms. The molecule has 1 saturated heterocycles. The minimum absolute atomic E-state index is 0.0320. The molecule has 28 heavy (non-hydrogen) atoms. The van der Waals surface area contributed by atoms with Crippen LogP contribution in [0.1, 0.15) is 57.8 Å². The molecule has 0 aromatic heterocycles. The smallest absolute Gasteiger partial charge is 0.257 e. The van der Waals surface area contributed by atoms with E-state index in [2.05, 4.69) is 17.1 Å². The number of β-amino-alcohol motifs (C(OH)–C–C–N with tert-alkyl or cyclic N) is 1. The van der Waals surface area contributed by atoms with Crippen LogP contribution in [0, 0.1) is 5.82 Å². The highest BCUT2D eigenvalue weighted by atomic mass is 19.1. The third-order valence-corrected chi connectivity index (χ3v) is 5.12. The summed E-state index contributed by atoms with van der Waals surface area (Å²) in [4.78, 5) is 28.4. The van der Waals surface area contributed by atoms with E-state index in [1.165, 1.54) is 25.1 Å². The quantitative estimate of drug-likeness (QED) is 0.780. The van der Waals surface area contributed by atoms with Crippen LogP contribution in [-0.4, -0.2) is 64.0 Å². The molecule has 1 aliphatic rings. The molecule has 0 saturated carbocycles. The first-order valence-electron chi connectivity index (χ1n) is 9.90. The summed E-state index contributed by atoms with van der Waals surface area (Å²) >= 11 is 0. The van der Waals surface area contributed by atoms with E-state index in [1.807, 2.05) is 6.92 Å². The van der Waals surface area contributed by atoms with Crippen molar-refractivity contribution in [1.29, 1.82) is 0 Å². The maximum Gasteiger partial charge on any atom is 0.257 e. The van der Waals surface area contributed by atoms with Gasteiger partial charge in [0, 0.05) is 44.3 Å². The Morgan fingerprint density at radius 3 is 2.39 bits per heavy atom. The zero-order valence-corrected chi connectivity index (χ0v) is 17.5. The van der Waals surface area contributed by atoms with E-state index >= 15 is 0 Å². The van der Waals surface area contributed by atoms with Gasteiger partial charge in [-0.05, 0) is 44.9 Å². The SMILES string of the molecule is CC[C@@H]1CN(C(=O)c2cc(NC(C)=O)ccc2F)[C@H](CC)CN1CC(C)(C)O. The van der Waals surface area contributed by atoms with Crippen LogP contribution in [0.3, 0.4) is 0 Å². The lowest BCUT2D eigenvalue weighted by Gasteiger charge is -2.47. The van der Waals surface area contributed by atoms with Crippen molar-refractivity contribution in [3.05, 3.63) is 29.6 Å². The van der Waals surface area contributed by atoms with Gasteiger partial charge < -0.3 is 15.3 Å². The fraction of sp³-hybridized carbons (Fsp3) is 0.619. The summed E-state index contributed by atoms with van der Waals surface area (Å²) in [7, 11) is 0. The molecule has 2 atom stereocenters. The van der Waals surface area contributed by atoms with E-state index in [0.29, 0.717) is 25.3 Å². The second kappa shape index (κ2) is 9.01. The van der Waals surface area contributed by atoms with Crippen LogP contribution in [0.4, 0.5) is 10.1 Å². The van der Waals surface area contributed by atoms with Gasteiger partial charge in [0.2, 0.25) is 5.91 Å². The molecule has 7 heteroatoms. The Balaban J connectivity index is 2.28. The second-order valence-electron chi connectivity index (χ2n) is 8.20. The summed E-state index contributed by atoms with van der Waals surface area (Å²) in [5.41, 5.74) is -0.454. The minimum Gasteiger partial charge on any atom is -0.389 e. The van der Waals surface area contributed by atoms with Crippen molar-refractivity contribution in [3.8, 4) is 0 Å². The molecule has 1 aromatic rings. The van der Waals surface area contributed by atoms with Crippen LogP contribution < -0.4 is 5.32 Å². The van der Waals surface area contributed by atoms with Gasteiger partial charge in [-0.25, -0.2) is 4.39 Å². The maximum atomic E-state index is 14.4. The lowest BCUT2D eigenvalue weighted by atomic mass is 9.98. The number of rotatable bonds is 6. The largest absolute Gasteiger partial charge is 0.389 e. The highest BCUT2D eigenvalue weighted by Gasteiger charge is 2.37. The van der Waals surface area contributed by atoms with E-state index in [4.69, 9.17) is 0 Å². The first-order chi connectivity index (χ1) is 13.1. The van der Waals surface area contributed by atoms with Gasteiger partial charge in [0.15, 0.2) is 0 Å². The first-order valence-corrected chi connectivity index (χ1v) is 9.90. The third-order valence-electron chi connectivity index (χ3n) is 5.12. The van der Waals surface area contributed by atoms with Crippen molar-refractivity contribution in [3.63, 3.8) is 0 Å². The lowest BCUT2D eigenvalue weighted by molar-refractivity contribution is -0.114. The predicted octanol–water partition coefficient (Wildman–Crippen LogP) is 2.87. The van der Waals surface area contributed by atoms with Gasteiger partial charge in [-0.2, -0.15) is 0 Å². The number of hydrogen-bond acceptors (Lipinski definition) is 4. The number of carbonyl (C=O) groups excluding carboxylic acids is 2. The number of carbonyl (C=O) groups is 2. The zero-order chi connectivity index (χ0) is 21.1. The van der Waals surface area contributed by atoms with E-state index in [-0.39, 0.29) is 29.5 Å². The molecular weight excluding hydrogens is 361 g/mol. The van der Waals surface area contributed by atoms with Crippen LogP contribution in [0.5, 0.6) is 0 Å². The van der Waals surface area contributed by atoms with Gasteiger partial charge in [0.05, 0.1) is 11.2 Å². The van der Waals surface area contributed by atoms with Crippen molar-refractivity contribution >= 4 is 17.5 Å². The Morgan fingerprint density at radius 2 is 1.86 bits per heavy atom. The Hall–Kier alpha value is -1.99. The van der Waals surface area contributed by atoms with Gasteiger partial charge in [-0.15, -0.1) is 0 Å². The van der Waals surface area contributed by atoms with Crippen molar-refractivity contribution in [2.45, 2.75) is 65.1 Å². The highest BCUT2D eigenvalue weighted by molar-refractivity contribution is 5.97. The normalized spacial score (nSPS) is 20.9. The Kier molecular flexibility index (Phi) is 7.17. The lowest BCUT2D eigenvalue weighted by Crippen LogP contribution is -2.61. The summed E-state index contributed by atoms with van der Waals surface area (Å²) in [6.45, 7) is 10.6. The molecule has 1 fully saturated rings. The number of anilines is 1. The van der Waals surface area contributed by atoms with E-state index in [0.717, 1.165) is 12.8 Å². The number of benzene rings is 1. The number of nitrogens with one attached hydrogen (secondary N) is 1. The van der Waals surface area contributed by atoms with Crippen molar-refractivity contribution in [1.82, 2.24) is 9.80 Å². The second-order valence-corrected chi connectivity index (χ2v) is 8.20. The standard InChI is InChI=1S/C21H32FN3O3/c1-6-16-12-25(17(7-2)11-24(16)13-21(4,5)28)20(27)18-10-15(23-14(3)26)8-9-19(18)22/h8-10,16-17,28H,6-7,11-13H2,1-5H3,(H,23,26)/t16-,17-/m1/s1. The average Bonchev–Trinajstić information content (AvgIpc) is 2.60. The molecule has 156 valence electrons. The molecule has 2 N–H and O–H groups in total. The monoisotopic (exact) mass is 393 g/mol. The van der Waals surface area contributed by atoms with E-state index in [1.54, 1.807) is 18.7 Å². The number of nitrogens with zero attached hydrogens (tertiary/aromatic N) is 2.